The van der Waals surface area contributed by atoms with Gasteiger partial charge < -0.3 is 5.73 Å². The molecule has 2 aromatic rings. The number of pyridine rings is 1. The highest BCUT2D eigenvalue weighted by Crippen LogP contribution is 2.22. The van der Waals surface area contributed by atoms with Crippen molar-refractivity contribution in [2.45, 2.75) is 0 Å². The van der Waals surface area contributed by atoms with E-state index in [2.05, 4.69) is 15.2 Å². The first-order chi connectivity index (χ1) is 6.77. The van der Waals surface area contributed by atoms with Gasteiger partial charge in [0.15, 0.2) is 5.15 Å². The molecule has 70 valence electrons. The molecule has 0 bridgehead atoms. The summed E-state index contributed by atoms with van der Waals surface area (Å²) in [6.45, 7) is 0. The van der Waals surface area contributed by atoms with Crippen molar-refractivity contribution >= 4 is 17.3 Å². The van der Waals surface area contributed by atoms with Crippen molar-refractivity contribution in [2.75, 3.05) is 5.73 Å². The molecule has 0 saturated carbocycles. The number of nitrogens with zero attached hydrogens (tertiary/aromatic N) is 3. The van der Waals surface area contributed by atoms with Crippen molar-refractivity contribution in [3.63, 3.8) is 0 Å². The second-order valence-electron chi connectivity index (χ2n) is 2.70. The van der Waals surface area contributed by atoms with Crippen LogP contribution in [0, 0.1) is 0 Å². The Balaban J connectivity index is 2.50. The van der Waals surface area contributed by atoms with E-state index in [1.807, 2.05) is 0 Å². The van der Waals surface area contributed by atoms with E-state index in [1.54, 1.807) is 30.6 Å². The van der Waals surface area contributed by atoms with E-state index in [-0.39, 0.29) is 0 Å². The predicted octanol–water partition coefficient (Wildman–Crippen LogP) is 1.77. The lowest BCUT2D eigenvalue weighted by Gasteiger charge is -2.02. The number of hydrogen-bond acceptors (Lipinski definition) is 4. The monoisotopic (exact) mass is 206 g/mol. The molecule has 0 radical (unpaired) electrons. The van der Waals surface area contributed by atoms with Gasteiger partial charge in [0, 0.05) is 11.8 Å². The summed E-state index contributed by atoms with van der Waals surface area (Å²) in [5.74, 6) is 0. The van der Waals surface area contributed by atoms with Crippen LogP contribution in [0.15, 0.2) is 30.6 Å². The number of rotatable bonds is 1. The van der Waals surface area contributed by atoms with Crippen LogP contribution in [0.2, 0.25) is 5.15 Å². The van der Waals surface area contributed by atoms with Crippen molar-refractivity contribution in [1.82, 2.24) is 15.2 Å². The molecule has 0 aromatic carbocycles. The fourth-order valence-corrected chi connectivity index (χ4v) is 1.20. The minimum atomic E-state index is 0.362. The fourth-order valence-electron chi connectivity index (χ4n) is 1.10. The van der Waals surface area contributed by atoms with Crippen molar-refractivity contribution in [1.29, 1.82) is 0 Å². The largest absolute Gasteiger partial charge is 0.397 e. The number of halogens is 1. The molecular formula is C9H7ClN4. The molecule has 0 spiro atoms. The molecule has 0 aliphatic rings. The maximum Gasteiger partial charge on any atom is 0.151 e. The van der Waals surface area contributed by atoms with Crippen molar-refractivity contribution in [3.05, 3.63) is 35.7 Å². The zero-order chi connectivity index (χ0) is 9.97. The van der Waals surface area contributed by atoms with Gasteiger partial charge in [0.1, 0.15) is 0 Å². The van der Waals surface area contributed by atoms with E-state index in [0.29, 0.717) is 16.5 Å². The number of anilines is 1. The summed E-state index contributed by atoms with van der Waals surface area (Å²) >= 11 is 5.62. The van der Waals surface area contributed by atoms with Gasteiger partial charge >= 0.3 is 0 Å². The van der Waals surface area contributed by atoms with Gasteiger partial charge in [-0.25, -0.2) is 0 Å². The maximum atomic E-state index is 5.73. The second-order valence-corrected chi connectivity index (χ2v) is 3.09. The SMILES string of the molecule is Nc1cnccc1-c1ccc(Cl)nn1. The molecule has 4 nitrogen and oxygen atoms in total. The highest BCUT2D eigenvalue weighted by molar-refractivity contribution is 6.29. The first-order valence-corrected chi connectivity index (χ1v) is 4.34. The number of nitrogens with two attached hydrogens (primary N) is 1. The van der Waals surface area contributed by atoms with Crippen LogP contribution in [0.25, 0.3) is 11.3 Å². The Morgan fingerprint density at radius 1 is 1.14 bits per heavy atom. The molecular weight excluding hydrogens is 200 g/mol. The Morgan fingerprint density at radius 3 is 2.64 bits per heavy atom. The minimum absolute atomic E-state index is 0.362. The van der Waals surface area contributed by atoms with E-state index >= 15 is 0 Å². The Labute approximate surface area is 85.8 Å². The van der Waals surface area contributed by atoms with Crippen LogP contribution in [-0.4, -0.2) is 15.2 Å². The summed E-state index contributed by atoms with van der Waals surface area (Å²) in [6, 6.07) is 5.22. The zero-order valence-corrected chi connectivity index (χ0v) is 7.94. The summed E-state index contributed by atoms with van der Waals surface area (Å²) in [7, 11) is 0. The molecule has 0 aliphatic heterocycles. The number of aromatic nitrogens is 3. The highest BCUT2D eigenvalue weighted by Gasteiger charge is 2.03. The van der Waals surface area contributed by atoms with Crippen LogP contribution in [-0.2, 0) is 0 Å². The third-order valence-electron chi connectivity index (χ3n) is 1.76. The van der Waals surface area contributed by atoms with E-state index in [4.69, 9.17) is 17.3 Å². The third-order valence-corrected chi connectivity index (χ3v) is 1.96. The van der Waals surface area contributed by atoms with E-state index in [1.165, 1.54) is 0 Å². The standard InChI is InChI=1S/C9H7ClN4/c10-9-2-1-8(13-14-9)6-3-4-12-5-7(6)11/h1-5H,11H2. The van der Waals surface area contributed by atoms with Crippen LogP contribution >= 0.6 is 11.6 Å². The van der Waals surface area contributed by atoms with Gasteiger partial charge in [-0.1, -0.05) is 11.6 Å². The van der Waals surface area contributed by atoms with Crippen LogP contribution in [0.3, 0.4) is 0 Å². The summed E-state index contributed by atoms with van der Waals surface area (Å²) in [6.07, 6.45) is 3.23. The van der Waals surface area contributed by atoms with E-state index < -0.39 is 0 Å². The molecule has 2 heterocycles. The third kappa shape index (κ3) is 1.65. The lowest BCUT2D eigenvalue weighted by molar-refractivity contribution is 1.04. The molecule has 0 amide bonds. The maximum absolute atomic E-state index is 5.73. The summed E-state index contributed by atoms with van der Waals surface area (Å²) in [5.41, 5.74) is 7.80. The first-order valence-electron chi connectivity index (χ1n) is 3.96. The van der Waals surface area contributed by atoms with Gasteiger partial charge in [0.2, 0.25) is 0 Å². The zero-order valence-electron chi connectivity index (χ0n) is 7.18. The normalized spacial score (nSPS) is 10.1. The minimum Gasteiger partial charge on any atom is -0.397 e. The van der Waals surface area contributed by atoms with Crippen LogP contribution in [0.4, 0.5) is 5.69 Å². The van der Waals surface area contributed by atoms with E-state index in [0.717, 1.165) is 5.56 Å². The van der Waals surface area contributed by atoms with Gasteiger partial charge in [-0.05, 0) is 18.2 Å². The Kier molecular flexibility index (Phi) is 2.28. The Hall–Kier alpha value is -1.68. The Morgan fingerprint density at radius 2 is 2.00 bits per heavy atom. The smallest absolute Gasteiger partial charge is 0.151 e. The van der Waals surface area contributed by atoms with Crippen LogP contribution in [0.1, 0.15) is 0 Å². The molecule has 0 atom stereocenters. The van der Waals surface area contributed by atoms with Gasteiger partial charge in [0.25, 0.3) is 0 Å². The lowest BCUT2D eigenvalue weighted by Crippen LogP contribution is -1.93. The molecule has 5 heteroatoms. The number of nitrogen functional groups attached to an aromatic ring is 1. The average Bonchev–Trinajstić information content (AvgIpc) is 2.20. The van der Waals surface area contributed by atoms with Gasteiger partial charge in [0.05, 0.1) is 17.6 Å². The van der Waals surface area contributed by atoms with Crippen molar-refractivity contribution in [3.8, 4) is 11.3 Å². The predicted molar refractivity (Wildman–Crippen MR) is 54.7 cm³/mol. The van der Waals surface area contributed by atoms with Crippen LogP contribution in [0.5, 0.6) is 0 Å². The quantitative estimate of drug-likeness (QED) is 0.773. The molecule has 14 heavy (non-hydrogen) atoms. The van der Waals surface area contributed by atoms with Crippen LogP contribution < -0.4 is 5.73 Å². The van der Waals surface area contributed by atoms with Crippen molar-refractivity contribution < 1.29 is 0 Å². The highest BCUT2D eigenvalue weighted by atomic mass is 35.5. The van der Waals surface area contributed by atoms with Gasteiger partial charge in [-0.3, -0.25) is 4.98 Å². The molecule has 0 fully saturated rings. The fraction of sp³-hybridized carbons (Fsp3) is 0. The van der Waals surface area contributed by atoms with Gasteiger partial charge in [-0.2, -0.15) is 0 Å². The molecule has 0 unspecified atom stereocenters. The number of hydrogen-bond donors (Lipinski definition) is 1. The molecule has 0 aliphatic carbocycles. The summed E-state index contributed by atoms with van der Waals surface area (Å²) in [5, 5.41) is 8.02. The van der Waals surface area contributed by atoms with Gasteiger partial charge in [-0.15, -0.1) is 10.2 Å². The molecule has 2 rings (SSSR count). The topological polar surface area (TPSA) is 64.7 Å². The summed E-state index contributed by atoms with van der Waals surface area (Å²) < 4.78 is 0. The lowest BCUT2D eigenvalue weighted by atomic mass is 10.1. The molecule has 2 aromatic heterocycles. The molecule has 2 N–H and O–H groups in total. The first kappa shape index (κ1) is 8.90. The molecule has 0 saturated heterocycles. The second kappa shape index (κ2) is 3.59. The average molecular weight is 207 g/mol. The summed E-state index contributed by atoms with van der Waals surface area (Å²) in [4.78, 5) is 3.89. The van der Waals surface area contributed by atoms with E-state index in [9.17, 15) is 0 Å². The Bertz CT molecular complexity index is 441. The van der Waals surface area contributed by atoms with Crippen molar-refractivity contribution in [2.24, 2.45) is 0 Å².